The molecule has 0 aliphatic heterocycles. The summed E-state index contributed by atoms with van der Waals surface area (Å²) in [5.74, 6) is -0.239. The lowest BCUT2D eigenvalue weighted by Gasteiger charge is -1.98. The van der Waals surface area contributed by atoms with Gasteiger partial charge in [-0.3, -0.25) is 4.68 Å². The molecule has 0 saturated carbocycles. The number of aliphatic hydroxyl groups is 1. The van der Waals surface area contributed by atoms with Crippen molar-refractivity contribution in [2.24, 2.45) is 0 Å². The van der Waals surface area contributed by atoms with Crippen molar-refractivity contribution in [2.75, 3.05) is 6.61 Å². The van der Waals surface area contributed by atoms with Gasteiger partial charge in [-0.05, 0) is 24.1 Å². The minimum atomic E-state index is -0.239. The van der Waals surface area contributed by atoms with Gasteiger partial charge in [0, 0.05) is 24.9 Å². The van der Waals surface area contributed by atoms with E-state index in [0.29, 0.717) is 13.0 Å². The predicted octanol–water partition coefficient (Wildman–Crippen LogP) is 2.07. The molecule has 1 aromatic heterocycles. The van der Waals surface area contributed by atoms with Crippen LogP contribution in [0.15, 0.2) is 36.7 Å². The van der Waals surface area contributed by atoms with Crippen LogP contribution in [-0.2, 0) is 6.54 Å². The van der Waals surface area contributed by atoms with Gasteiger partial charge in [0.1, 0.15) is 5.82 Å². The van der Waals surface area contributed by atoms with E-state index >= 15 is 0 Å². The molecule has 4 heteroatoms. The van der Waals surface area contributed by atoms with Gasteiger partial charge in [-0.2, -0.15) is 5.10 Å². The highest BCUT2D eigenvalue weighted by Crippen LogP contribution is 2.18. The van der Waals surface area contributed by atoms with Crippen LogP contribution in [-0.4, -0.2) is 21.5 Å². The summed E-state index contributed by atoms with van der Waals surface area (Å²) in [7, 11) is 0. The monoisotopic (exact) mass is 220 g/mol. The zero-order valence-corrected chi connectivity index (χ0v) is 8.81. The summed E-state index contributed by atoms with van der Waals surface area (Å²) < 4.78 is 14.5. The topological polar surface area (TPSA) is 38.0 Å². The molecule has 2 rings (SSSR count). The largest absolute Gasteiger partial charge is 0.396 e. The number of hydrogen-bond donors (Lipinski definition) is 1. The molecule has 0 unspecified atom stereocenters. The molecule has 0 saturated heterocycles. The average molecular weight is 220 g/mol. The first-order chi connectivity index (χ1) is 7.79. The molecule has 84 valence electrons. The second kappa shape index (κ2) is 4.90. The van der Waals surface area contributed by atoms with Gasteiger partial charge in [-0.1, -0.05) is 12.1 Å². The molecule has 2 aromatic rings. The lowest BCUT2D eigenvalue weighted by Crippen LogP contribution is -1.99. The van der Waals surface area contributed by atoms with Crippen molar-refractivity contribution in [1.29, 1.82) is 0 Å². The molecule has 0 spiro atoms. The number of rotatable bonds is 4. The number of aromatic nitrogens is 2. The molecule has 1 N–H and O–H groups in total. The summed E-state index contributed by atoms with van der Waals surface area (Å²) in [6, 6.07) is 6.31. The standard InChI is InChI=1S/C12H13FN2O/c13-12-4-2-10(3-5-12)11-8-14-15(9-11)6-1-7-16/h2-5,8-9,16H,1,6-7H2. The third-order valence-electron chi connectivity index (χ3n) is 2.36. The Bertz CT molecular complexity index is 450. The van der Waals surface area contributed by atoms with E-state index in [0.717, 1.165) is 11.1 Å². The fourth-order valence-corrected chi connectivity index (χ4v) is 1.51. The fraction of sp³-hybridized carbons (Fsp3) is 0.250. The van der Waals surface area contributed by atoms with Crippen molar-refractivity contribution in [3.63, 3.8) is 0 Å². The van der Waals surface area contributed by atoms with Gasteiger partial charge in [0.2, 0.25) is 0 Å². The molecular formula is C12H13FN2O. The second-order valence-corrected chi connectivity index (χ2v) is 3.58. The van der Waals surface area contributed by atoms with Gasteiger partial charge in [0.05, 0.1) is 6.20 Å². The Kier molecular flexibility index (Phi) is 3.31. The first kappa shape index (κ1) is 10.8. The average Bonchev–Trinajstić information content (AvgIpc) is 2.76. The molecule has 0 radical (unpaired) electrons. The third-order valence-corrected chi connectivity index (χ3v) is 2.36. The van der Waals surface area contributed by atoms with Crippen molar-refractivity contribution in [2.45, 2.75) is 13.0 Å². The molecule has 0 fully saturated rings. The first-order valence-electron chi connectivity index (χ1n) is 5.19. The van der Waals surface area contributed by atoms with E-state index in [2.05, 4.69) is 5.10 Å². The Morgan fingerprint density at radius 1 is 1.19 bits per heavy atom. The van der Waals surface area contributed by atoms with Crippen molar-refractivity contribution < 1.29 is 9.50 Å². The molecule has 0 amide bonds. The normalized spacial score (nSPS) is 10.6. The van der Waals surface area contributed by atoms with Crippen molar-refractivity contribution in [1.82, 2.24) is 9.78 Å². The quantitative estimate of drug-likeness (QED) is 0.856. The molecular weight excluding hydrogens is 207 g/mol. The van der Waals surface area contributed by atoms with E-state index in [4.69, 9.17) is 5.11 Å². The van der Waals surface area contributed by atoms with Crippen LogP contribution in [0.4, 0.5) is 4.39 Å². The Balaban J connectivity index is 2.15. The molecule has 0 aliphatic carbocycles. The predicted molar refractivity (Wildman–Crippen MR) is 59.3 cm³/mol. The summed E-state index contributed by atoms with van der Waals surface area (Å²) in [5, 5.41) is 12.9. The summed E-state index contributed by atoms with van der Waals surface area (Å²) >= 11 is 0. The number of nitrogens with zero attached hydrogens (tertiary/aromatic N) is 2. The molecule has 0 atom stereocenters. The fourth-order valence-electron chi connectivity index (χ4n) is 1.51. The highest BCUT2D eigenvalue weighted by molar-refractivity contribution is 5.61. The van der Waals surface area contributed by atoms with Crippen LogP contribution in [0.25, 0.3) is 11.1 Å². The maximum Gasteiger partial charge on any atom is 0.123 e. The number of aryl methyl sites for hydroxylation is 1. The number of benzene rings is 1. The maximum atomic E-state index is 12.7. The minimum Gasteiger partial charge on any atom is -0.396 e. The van der Waals surface area contributed by atoms with E-state index in [1.807, 2.05) is 6.20 Å². The SMILES string of the molecule is OCCCn1cc(-c2ccc(F)cc2)cn1. The van der Waals surface area contributed by atoms with Crippen molar-refractivity contribution in [3.05, 3.63) is 42.5 Å². The van der Waals surface area contributed by atoms with Crippen LogP contribution in [0.3, 0.4) is 0 Å². The van der Waals surface area contributed by atoms with Crippen LogP contribution in [0.1, 0.15) is 6.42 Å². The van der Waals surface area contributed by atoms with Crippen molar-refractivity contribution >= 4 is 0 Å². The van der Waals surface area contributed by atoms with E-state index in [1.165, 1.54) is 12.1 Å². The summed E-state index contributed by atoms with van der Waals surface area (Å²) in [5.41, 5.74) is 1.90. The zero-order valence-electron chi connectivity index (χ0n) is 8.81. The Morgan fingerprint density at radius 3 is 2.62 bits per heavy atom. The van der Waals surface area contributed by atoms with Crippen molar-refractivity contribution in [3.8, 4) is 11.1 Å². The lowest BCUT2D eigenvalue weighted by molar-refractivity contribution is 0.277. The molecule has 16 heavy (non-hydrogen) atoms. The van der Waals surface area contributed by atoms with Crippen LogP contribution in [0.2, 0.25) is 0 Å². The van der Waals surface area contributed by atoms with E-state index < -0.39 is 0 Å². The molecule has 0 aliphatic rings. The molecule has 0 bridgehead atoms. The zero-order chi connectivity index (χ0) is 11.4. The molecule has 1 heterocycles. The third kappa shape index (κ3) is 2.46. The molecule has 3 nitrogen and oxygen atoms in total. The minimum absolute atomic E-state index is 0.158. The van der Waals surface area contributed by atoms with Crippen LogP contribution in [0, 0.1) is 5.82 Å². The van der Waals surface area contributed by atoms with Gasteiger partial charge in [0.15, 0.2) is 0 Å². The van der Waals surface area contributed by atoms with Crippen LogP contribution >= 0.6 is 0 Å². The van der Waals surface area contributed by atoms with Gasteiger partial charge in [0.25, 0.3) is 0 Å². The van der Waals surface area contributed by atoms with E-state index in [-0.39, 0.29) is 12.4 Å². The number of hydrogen-bond acceptors (Lipinski definition) is 2. The Labute approximate surface area is 93.2 Å². The van der Waals surface area contributed by atoms with E-state index in [1.54, 1.807) is 23.0 Å². The van der Waals surface area contributed by atoms with Gasteiger partial charge < -0.3 is 5.11 Å². The van der Waals surface area contributed by atoms with Crippen LogP contribution < -0.4 is 0 Å². The van der Waals surface area contributed by atoms with Gasteiger partial charge in [-0.15, -0.1) is 0 Å². The summed E-state index contributed by atoms with van der Waals surface area (Å²) in [6.45, 7) is 0.851. The maximum absolute atomic E-state index is 12.7. The Morgan fingerprint density at radius 2 is 1.94 bits per heavy atom. The first-order valence-corrected chi connectivity index (χ1v) is 5.19. The highest BCUT2D eigenvalue weighted by Gasteiger charge is 2.01. The van der Waals surface area contributed by atoms with Gasteiger partial charge in [-0.25, -0.2) is 4.39 Å². The number of halogens is 1. The number of aliphatic hydroxyl groups excluding tert-OH is 1. The highest BCUT2D eigenvalue weighted by atomic mass is 19.1. The molecule has 1 aromatic carbocycles. The summed E-state index contributed by atoms with van der Waals surface area (Å²) in [6.07, 6.45) is 4.32. The van der Waals surface area contributed by atoms with Gasteiger partial charge >= 0.3 is 0 Å². The van der Waals surface area contributed by atoms with Crippen LogP contribution in [0.5, 0.6) is 0 Å². The Hall–Kier alpha value is -1.68. The van der Waals surface area contributed by atoms with E-state index in [9.17, 15) is 4.39 Å². The second-order valence-electron chi connectivity index (χ2n) is 3.58. The lowest BCUT2D eigenvalue weighted by atomic mass is 10.1. The smallest absolute Gasteiger partial charge is 0.123 e. The summed E-state index contributed by atoms with van der Waals surface area (Å²) in [4.78, 5) is 0.